The molecule has 2 saturated heterocycles. The summed E-state index contributed by atoms with van der Waals surface area (Å²) in [6, 6.07) is 0. The van der Waals surface area contributed by atoms with Gasteiger partial charge >= 0.3 is 23.5 Å². The Morgan fingerprint density at radius 1 is 0.938 bits per heavy atom. The number of amides is 1. The third-order valence-corrected chi connectivity index (χ3v) is 10.2. The van der Waals surface area contributed by atoms with Crippen LogP contribution in [0.1, 0.15) is 12.6 Å². The molecular formula is C21H30N7O17P3. The van der Waals surface area contributed by atoms with Crippen LogP contribution in [0.25, 0.3) is 11.2 Å². The van der Waals surface area contributed by atoms with Gasteiger partial charge in [0.15, 0.2) is 23.9 Å². The van der Waals surface area contributed by atoms with E-state index in [-0.39, 0.29) is 29.0 Å². The number of allylic oxidation sites excluding steroid dienone is 1. The summed E-state index contributed by atoms with van der Waals surface area (Å²) in [5, 5.41) is 31.5. The standard InChI is InChI=1S/C21H30N7O17P3/c22-17-12-19(25-7-24-17)28(8-26-12)21-16(44-46(33,34)35)14(30)11(43-21)6-41-48(38,39)45-47(36,37)40-5-10-13(29)15(31)20(42-10)27-3-1-2-9(4-27)18(23)32/h1,3-4,7-8,10-11,13-16,20-21,29-31H,2,5-6H2,(H2,23,32)(H,36,37)(H,38,39)(H2,22,24,25)(H2,33,34,35)/t10-,11-,13-,14-,15-,16-,20+,21-/m1/s1. The van der Waals surface area contributed by atoms with Gasteiger partial charge in [-0.2, -0.15) is 4.31 Å². The van der Waals surface area contributed by atoms with Gasteiger partial charge in [-0.25, -0.2) is 28.6 Å². The number of hydrogen-bond donors (Lipinski definition) is 9. The maximum Gasteiger partial charge on any atom is 0.481 e. The Hall–Kier alpha value is -2.73. The van der Waals surface area contributed by atoms with Crippen LogP contribution in [-0.4, -0.2) is 121 Å². The molecule has 2 fully saturated rings. The molecule has 0 aromatic carbocycles. The molecule has 10 atom stereocenters. The van der Waals surface area contributed by atoms with Crippen molar-refractivity contribution < 1.29 is 80.7 Å². The maximum absolute atomic E-state index is 12.6. The summed E-state index contributed by atoms with van der Waals surface area (Å²) in [6.07, 6.45) is -6.47. The topological polar surface area (TPSA) is 364 Å². The molecule has 48 heavy (non-hydrogen) atoms. The van der Waals surface area contributed by atoms with E-state index >= 15 is 0 Å². The Bertz CT molecular complexity index is 1740. The molecule has 0 spiro atoms. The highest BCUT2D eigenvalue weighted by molar-refractivity contribution is 7.61. The van der Waals surface area contributed by atoms with Gasteiger partial charge in [-0.15, -0.1) is 0 Å². The Balaban J connectivity index is 1.20. The highest BCUT2D eigenvalue weighted by atomic mass is 31.3. The van der Waals surface area contributed by atoms with E-state index in [0.717, 1.165) is 17.2 Å². The molecule has 0 radical (unpaired) electrons. The van der Waals surface area contributed by atoms with E-state index in [9.17, 15) is 53.4 Å². The van der Waals surface area contributed by atoms with Crippen LogP contribution in [-0.2, 0) is 45.8 Å². The third-order valence-electron chi connectivity index (χ3n) is 7.11. The number of nitrogens with two attached hydrogens (primary N) is 2. The molecule has 2 aromatic rings. The zero-order chi connectivity index (χ0) is 35.2. The largest absolute Gasteiger partial charge is 0.481 e. The summed E-state index contributed by atoms with van der Waals surface area (Å²) in [6.45, 7) is -2.02. The van der Waals surface area contributed by atoms with Crippen LogP contribution in [0.15, 0.2) is 36.7 Å². The number of primary amides is 1. The first-order valence-corrected chi connectivity index (χ1v) is 18.0. The average Bonchev–Trinajstić information content (AvgIpc) is 3.64. The van der Waals surface area contributed by atoms with Gasteiger partial charge in [0.2, 0.25) is 5.91 Å². The summed E-state index contributed by atoms with van der Waals surface area (Å²) >= 11 is 0. The lowest BCUT2D eigenvalue weighted by atomic mass is 10.1. The van der Waals surface area contributed by atoms with Crippen molar-refractivity contribution in [3.05, 3.63) is 36.7 Å². The molecule has 3 aliphatic rings. The molecule has 5 heterocycles. The van der Waals surface area contributed by atoms with Crippen LogP contribution < -0.4 is 11.5 Å². The number of nitrogens with zero attached hydrogens (tertiary/aromatic N) is 5. The maximum atomic E-state index is 12.6. The lowest BCUT2D eigenvalue weighted by Gasteiger charge is -2.28. The second-order valence-corrected chi connectivity index (χ2v) is 14.6. The first-order chi connectivity index (χ1) is 22.4. The lowest BCUT2D eigenvalue weighted by Crippen LogP contribution is -2.40. The van der Waals surface area contributed by atoms with E-state index < -0.39 is 91.7 Å². The fraction of sp³-hybridized carbons (Fsp3) is 0.524. The predicted molar refractivity (Wildman–Crippen MR) is 153 cm³/mol. The van der Waals surface area contributed by atoms with Crippen LogP contribution in [0.2, 0.25) is 0 Å². The number of fused-ring (bicyclic) bond motifs is 1. The van der Waals surface area contributed by atoms with E-state index in [1.165, 1.54) is 23.4 Å². The number of phosphoric ester groups is 3. The number of ether oxygens (including phenoxy) is 2. The Morgan fingerprint density at radius 2 is 1.56 bits per heavy atom. The van der Waals surface area contributed by atoms with Gasteiger partial charge in [0.25, 0.3) is 0 Å². The summed E-state index contributed by atoms with van der Waals surface area (Å²) in [5.74, 6) is -0.791. The van der Waals surface area contributed by atoms with E-state index in [1.807, 2.05) is 0 Å². The Labute approximate surface area is 268 Å². The van der Waals surface area contributed by atoms with Gasteiger partial charge in [-0.1, -0.05) is 6.08 Å². The van der Waals surface area contributed by atoms with Crippen molar-refractivity contribution in [2.75, 3.05) is 18.9 Å². The molecule has 24 nitrogen and oxygen atoms in total. The number of aromatic nitrogens is 4. The van der Waals surface area contributed by atoms with Crippen molar-refractivity contribution in [1.82, 2.24) is 24.4 Å². The smallest absolute Gasteiger partial charge is 0.387 e. The average molecular weight is 745 g/mol. The van der Waals surface area contributed by atoms with Crippen molar-refractivity contribution in [3.63, 3.8) is 0 Å². The van der Waals surface area contributed by atoms with Crippen molar-refractivity contribution in [2.24, 2.45) is 5.73 Å². The molecule has 1 amide bonds. The molecule has 0 bridgehead atoms. The molecule has 11 N–H and O–H groups in total. The number of aliphatic hydroxyl groups excluding tert-OH is 3. The molecule has 0 aliphatic carbocycles. The number of anilines is 1. The summed E-state index contributed by atoms with van der Waals surface area (Å²) in [4.78, 5) is 63.4. The van der Waals surface area contributed by atoms with Crippen molar-refractivity contribution in [1.29, 1.82) is 0 Å². The normalized spacial score (nSPS) is 31.9. The number of carbonyl (C=O) groups excluding carboxylic acids is 1. The van der Waals surface area contributed by atoms with E-state index in [1.54, 1.807) is 0 Å². The van der Waals surface area contributed by atoms with E-state index in [2.05, 4.69) is 23.8 Å². The minimum absolute atomic E-state index is 0.00424. The fourth-order valence-electron chi connectivity index (χ4n) is 4.93. The van der Waals surface area contributed by atoms with Gasteiger partial charge in [-0.05, 0) is 6.42 Å². The summed E-state index contributed by atoms with van der Waals surface area (Å²) in [7, 11) is -16.3. The predicted octanol–water partition coefficient (Wildman–Crippen LogP) is -2.57. The SMILES string of the molecule is NC(=O)C1=CN([C@H]2O[C@H](COP(=O)(O)OP(=O)(O)OC[C@H]3O[C@@H](n4cnc5c(N)ncnc54)[C@H](OP(=O)(O)O)[C@@H]3O)[C@@H](O)[C@H]2O)C=CC1. The third kappa shape index (κ3) is 8.17. The van der Waals surface area contributed by atoms with Gasteiger partial charge in [0.05, 0.1) is 19.5 Å². The van der Waals surface area contributed by atoms with Gasteiger partial charge in [-0.3, -0.25) is 22.9 Å². The Kier molecular flexibility index (Phi) is 10.6. The number of nitrogen functional groups attached to an aromatic ring is 1. The Morgan fingerprint density at radius 3 is 2.19 bits per heavy atom. The van der Waals surface area contributed by atoms with Gasteiger partial charge < -0.3 is 60.7 Å². The lowest BCUT2D eigenvalue weighted by molar-refractivity contribution is -0.115. The van der Waals surface area contributed by atoms with Gasteiger partial charge in [0, 0.05) is 18.0 Å². The molecule has 266 valence electrons. The highest BCUT2D eigenvalue weighted by Gasteiger charge is 2.51. The fourth-order valence-corrected chi connectivity index (χ4v) is 7.57. The molecule has 0 saturated carbocycles. The van der Waals surface area contributed by atoms with Crippen LogP contribution in [0, 0.1) is 0 Å². The summed E-state index contributed by atoms with van der Waals surface area (Å²) < 4.78 is 67.2. The molecule has 2 unspecified atom stereocenters. The van der Waals surface area contributed by atoms with Crippen LogP contribution in [0.3, 0.4) is 0 Å². The second-order valence-electron chi connectivity index (χ2n) is 10.4. The molecule has 27 heteroatoms. The highest BCUT2D eigenvalue weighted by Crippen LogP contribution is 2.61. The monoisotopic (exact) mass is 745 g/mol. The van der Waals surface area contributed by atoms with Crippen molar-refractivity contribution >= 4 is 46.4 Å². The molecular weight excluding hydrogens is 715 g/mol. The first kappa shape index (κ1) is 36.5. The van der Waals surface area contributed by atoms with Gasteiger partial charge in [0.1, 0.15) is 48.5 Å². The number of imidazole rings is 1. The quantitative estimate of drug-likeness (QED) is 0.0951. The first-order valence-electron chi connectivity index (χ1n) is 13.5. The molecule has 5 rings (SSSR count). The number of phosphoric acid groups is 3. The number of carbonyl (C=O) groups is 1. The van der Waals surface area contributed by atoms with Crippen LogP contribution >= 0.6 is 23.5 Å². The summed E-state index contributed by atoms with van der Waals surface area (Å²) in [5.41, 5.74) is 11.3. The number of rotatable bonds is 13. The van der Waals surface area contributed by atoms with E-state index in [0.29, 0.717) is 0 Å². The van der Waals surface area contributed by atoms with Crippen LogP contribution in [0.5, 0.6) is 0 Å². The number of hydrogen-bond acceptors (Lipinski definition) is 18. The zero-order valence-electron chi connectivity index (χ0n) is 24.1. The van der Waals surface area contributed by atoms with Crippen molar-refractivity contribution in [3.8, 4) is 0 Å². The number of aliphatic hydroxyl groups is 3. The van der Waals surface area contributed by atoms with Crippen LogP contribution in [0.4, 0.5) is 5.82 Å². The molecule has 2 aromatic heterocycles. The molecule has 3 aliphatic heterocycles. The minimum Gasteiger partial charge on any atom is -0.387 e. The second kappa shape index (κ2) is 13.9. The minimum atomic E-state index is -5.52. The van der Waals surface area contributed by atoms with Crippen molar-refractivity contribution in [2.45, 2.75) is 55.5 Å². The zero-order valence-corrected chi connectivity index (χ0v) is 26.8. The van der Waals surface area contributed by atoms with E-state index in [4.69, 9.17) is 30.0 Å².